The number of hydrogen-bond donors (Lipinski definition) is 3. The van der Waals surface area contributed by atoms with Gasteiger partial charge in [0.2, 0.25) is 0 Å². The second kappa shape index (κ2) is 9.07. The minimum absolute atomic E-state index is 0.254. The molecule has 0 saturated carbocycles. The lowest BCUT2D eigenvalue weighted by molar-refractivity contribution is -0.139. The Morgan fingerprint density at radius 1 is 1.00 bits per heavy atom. The average Bonchev–Trinajstić information content (AvgIpc) is 3.10. The maximum atomic E-state index is 11.7. The van der Waals surface area contributed by atoms with E-state index >= 15 is 0 Å². The molecule has 0 radical (unpaired) electrons. The van der Waals surface area contributed by atoms with Crippen molar-refractivity contribution in [3.63, 3.8) is 0 Å². The number of rotatable bonds is 7. The van der Waals surface area contributed by atoms with E-state index in [2.05, 4.69) is 10.6 Å². The molecular formula is C17H20N2O3S. The summed E-state index contributed by atoms with van der Waals surface area (Å²) in [5.41, 5.74) is 1.10. The van der Waals surface area contributed by atoms with Gasteiger partial charge in [-0.2, -0.15) is 0 Å². The molecule has 0 unspecified atom stereocenters. The zero-order valence-electron chi connectivity index (χ0n) is 12.7. The van der Waals surface area contributed by atoms with Gasteiger partial charge in [-0.15, -0.1) is 11.3 Å². The van der Waals surface area contributed by atoms with E-state index in [1.807, 2.05) is 47.8 Å². The molecular weight excluding hydrogens is 312 g/mol. The predicted octanol–water partition coefficient (Wildman–Crippen LogP) is 1.65. The van der Waals surface area contributed by atoms with E-state index < -0.39 is 17.9 Å². The lowest BCUT2D eigenvalue weighted by atomic mass is 10.1. The Morgan fingerprint density at radius 3 is 2.35 bits per heavy atom. The van der Waals surface area contributed by atoms with Gasteiger partial charge in [0, 0.05) is 18.0 Å². The molecule has 2 rings (SSSR count). The molecule has 0 fully saturated rings. The van der Waals surface area contributed by atoms with E-state index in [1.54, 1.807) is 0 Å². The van der Waals surface area contributed by atoms with Crippen molar-refractivity contribution in [1.82, 2.24) is 10.6 Å². The standard InChI is InChI=1S/C17H20N2O3S/c20-14(15-7-4-12-23-15)9-11-19-17(22)16(21)18-10-8-13-5-2-1-3-6-13/h1-7,12,14,20H,8-11H2,(H,18,21)(H,19,22)/t14-/m0/s1. The second-order valence-electron chi connectivity index (χ2n) is 5.07. The monoisotopic (exact) mass is 332 g/mol. The van der Waals surface area contributed by atoms with E-state index in [9.17, 15) is 14.7 Å². The molecule has 122 valence electrons. The maximum Gasteiger partial charge on any atom is 0.309 e. The third-order valence-corrected chi connectivity index (χ3v) is 4.30. The first kappa shape index (κ1) is 17.2. The summed E-state index contributed by atoms with van der Waals surface area (Å²) in [5, 5.41) is 16.9. The van der Waals surface area contributed by atoms with Crippen molar-refractivity contribution in [1.29, 1.82) is 0 Å². The number of amides is 2. The lowest BCUT2D eigenvalue weighted by Crippen LogP contribution is -2.41. The van der Waals surface area contributed by atoms with Crippen molar-refractivity contribution in [3.8, 4) is 0 Å². The van der Waals surface area contributed by atoms with Crippen LogP contribution < -0.4 is 10.6 Å². The van der Waals surface area contributed by atoms with Gasteiger partial charge < -0.3 is 15.7 Å². The van der Waals surface area contributed by atoms with Crippen LogP contribution in [0.25, 0.3) is 0 Å². The zero-order valence-corrected chi connectivity index (χ0v) is 13.5. The van der Waals surface area contributed by atoms with Gasteiger partial charge in [0.25, 0.3) is 0 Å². The molecule has 1 aromatic carbocycles. The van der Waals surface area contributed by atoms with Crippen LogP contribution in [0.3, 0.4) is 0 Å². The third-order valence-electron chi connectivity index (χ3n) is 3.32. The van der Waals surface area contributed by atoms with Crippen LogP contribution in [0, 0.1) is 0 Å². The molecule has 1 heterocycles. The lowest BCUT2D eigenvalue weighted by Gasteiger charge is -2.10. The van der Waals surface area contributed by atoms with Crippen LogP contribution in [0.4, 0.5) is 0 Å². The molecule has 0 aliphatic heterocycles. The molecule has 1 atom stereocenters. The number of carbonyl (C=O) groups excluding carboxylic acids is 2. The topological polar surface area (TPSA) is 78.4 Å². The third kappa shape index (κ3) is 5.84. The molecule has 2 amide bonds. The summed E-state index contributed by atoms with van der Waals surface area (Å²) in [4.78, 5) is 24.2. The number of thiophene rings is 1. The highest BCUT2D eigenvalue weighted by molar-refractivity contribution is 7.10. The number of benzene rings is 1. The summed E-state index contributed by atoms with van der Waals surface area (Å²) in [7, 11) is 0. The second-order valence-corrected chi connectivity index (χ2v) is 6.05. The van der Waals surface area contributed by atoms with Crippen molar-refractivity contribution in [2.75, 3.05) is 13.1 Å². The highest BCUT2D eigenvalue weighted by Gasteiger charge is 2.14. The molecule has 0 aliphatic carbocycles. The molecule has 6 heteroatoms. The Morgan fingerprint density at radius 2 is 1.70 bits per heavy atom. The van der Waals surface area contributed by atoms with Crippen LogP contribution in [-0.4, -0.2) is 30.0 Å². The summed E-state index contributed by atoms with van der Waals surface area (Å²) in [6, 6.07) is 13.4. The summed E-state index contributed by atoms with van der Waals surface area (Å²) in [6.45, 7) is 0.665. The van der Waals surface area contributed by atoms with Crippen LogP contribution in [0.5, 0.6) is 0 Å². The molecule has 0 bridgehead atoms. The Kier molecular flexibility index (Phi) is 6.77. The van der Waals surface area contributed by atoms with Crippen molar-refractivity contribution in [3.05, 3.63) is 58.3 Å². The van der Waals surface area contributed by atoms with Crippen molar-refractivity contribution < 1.29 is 14.7 Å². The van der Waals surface area contributed by atoms with Gasteiger partial charge >= 0.3 is 11.8 Å². The smallest absolute Gasteiger partial charge is 0.309 e. The number of aliphatic hydroxyl groups is 1. The summed E-state index contributed by atoms with van der Waals surface area (Å²) in [5.74, 6) is -1.32. The van der Waals surface area contributed by atoms with E-state index in [0.717, 1.165) is 10.4 Å². The molecule has 0 saturated heterocycles. The largest absolute Gasteiger partial charge is 0.388 e. The average molecular weight is 332 g/mol. The highest BCUT2D eigenvalue weighted by Crippen LogP contribution is 2.20. The SMILES string of the molecule is O=C(NCCc1ccccc1)C(=O)NCC[C@H](O)c1cccs1. The van der Waals surface area contributed by atoms with Gasteiger partial charge in [0.15, 0.2) is 0 Å². The number of aliphatic hydroxyl groups excluding tert-OH is 1. The van der Waals surface area contributed by atoms with Gasteiger partial charge in [-0.3, -0.25) is 9.59 Å². The summed E-state index contributed by atoms with van der Waals surface area (Å²) in [6.07, 6.45) is 0.442. The zero-order chi connectivity index (χ0) is 16.5. The van der Waals surface area contributed by atoms with Crippen molar-refractivity contribution >= 4 is 23.2 Å². The normalized spacial score (nSPS) is 11.7. The van der Waals surface area contributed by atoms with Crippen LogP contribution >= 0.6 is 11.3 Å². The minimum atomic E-state index is -0.670. The van der Waals surface area contributed by atoms with Gasteiger partial charge in [-0.25, -0.2) is 0 Å². The molecule has 1 aromatic heterocycles. The summed E-state index contributed by atoms with van der Waals surface area (Å²) >= 11 is 1.46. The number of hydrogen-bond acceptors (Lipinski definition) is 4. The van der Waals surface area contributed by atoms with Gasteiger partial charge in [0.1, 0.15) is 0 Å². The Bertz CT molecular complexity index is 614. The van der Waals surface area contributed by atoms with Crippen LogP contribution in [0.15, 0.2) is 47.8 Å². The van der Waals surface area contributed by atoms with Crippen molar-refractivity contribution in [2.45, 2.75) is 18.9 Å². The van der Waals surface area contributed by atoms with E-state index in [1.165, 1.54) is 11.3 Å². The molecule has 2 aromatic rings. The minimum Gasteiger partial charge on any atom is -0.388 e. The maximum absolute atomic E-state index is 11.7. The van der Waals surface area contributed by atoms with Gasteiger partial charge in [-0.05, 0) is 29.9 Å². The molecule has 23 heavy (non-hydrogen) atoms. The van der Waals surface area contributed by atoms with Crippen molar-refractivity contribution in [2.24, 2.45) is 0 Å². The van der Waals surface area contributed by atoms with Gasteiger partial charge in [0.05, 0.1) is 6.10 Å². The Labute approximate surface area is 139 Å². The van der Waals surface area contributed by atoms with Gasteiger partial charge in [-0.1, -0.05) is 36.4 Å². The first-order chi connectivity index (χ1) is 11.2. The quantitative estimate of drug-likeness (QED) is 0.675. The van der Waals surface area contributed by atoms with Crippen LogP contribution in [0.1, 0.15) is 23.0 Å². The molecule has 0 spiro atoms. The highest BCUT2D eigenvalue weighted by atomic mass is 32.1. The Hall–Kier alpha value is -2.18. The van der Waals surface area contributed by atoms with Crippen LogP contribution in [0.2, 0.25) is 0 Å². The molecule has 3 N–H and O–H groups in total. The fourth-order valence-corrected chi connectivity index (χ4v) is 2.82. The number of nitrogens with one attached hydrogen (secondary N) is 2. The first-order valence-corrected chi connectivity index (χ1v) is 8.36. The summed E-state index contributed by atoms with van der Waals surface area (Å²) < 4.78 is 0. The number of carbonyl (C=O) groups is 2. The van der Waals surface area contributed by atoms with E-state index in [-0.39, 0.29) is 6.54 Å². The van der Waals surface area contributed by atoms with E-state index in [4.69, 9.17) is 0 Å². The van der Waals surface area contributed by atoms with E-state index in [0.29, 0.717) is 19.4 Å². The molecule has 0 aliphatic rings. The fraction of sp³-hybridized carbons (Fsp3) is 0.294. The predicted molar refractivity (Wildman–Crippen MR) is 90.1 cm³/mol. The fourth-order valence-electron chi connectivity index (χ4n) is 2.07. The Balaban J connectivity index is 1.62. The van der Waals surface area contributed by atoms with Crippen LogP contribution in [-0.2, 0) is 16.0 Å². The molecule has 5 nitrogen and oxygen atoms in total. The first-order valence-electron chi connectivity index (χ1n) is 7.48.